The lowest BCUT2D eigenvalue weighted by Gasteiger charge is -2.32. The summed E-state index contributed by atoms with van der Waals surface area (Å²) in [6.07, 6.45) is 2.62. The van der Waals surface area contributed by atoms with E-state index in [0.29, 0.717) is 23.7 Å². The summed E-state index contributed by atoms with van der Waals surface area (Å²) in [5.41, 5.74) is 0.700. The molecule has 1 N–H and O–H groups in total. The molecule has 0 bridgehead atoms. The number of benzene rings is 2. The van der Waals surface area contributed by atoms with Gasteiger partial charge in [-0.3, -0.25) is 4.79 Å². The summed E-state index contributed by atoms with van der Waals surface area (Å²) in [6, 6.07) is 9.29. The zero-order chi connectivity index (χ0) is 22.6. The maximum atomic E-state index is 13.3. The van der Waals surface area contributed by atoms with Crippen molar-refractivity contribution < 1.29 is 27.4 Å². The number of anilines is 1. The number of rotatable bonds is 7. The third kappa shape index (κ3) is 4.77. The second kappa shape index (κ2) is 9.57. The Balaban J connectivity index is 1.92. The number of hydrogen-bond donors (Lipinski definition) is 1. The molecule has 1 aliphatic rings. The standard InChI is InChI=1S/C22H28N2O6S/c1-15-7-5-6-12-24(15)31(26,27)21-13-16(8-10-19(21)29-3)22(25)23-17-9-11-18(28-2)20(14-17)30-4/h8-11,13-15H,5-7,12H2,1-4H3,(H,23,25). The third-order valence-corrected chi connectivity index (χ3v) is 7.43. The Morgan fingerprint density at radius 1 is 0.968 bits per heavy atom. The molecule has 1 fully saturated rings. The zero-order valence-electron chi connectivity index (χ0n) is 18.2. The van der Waals surface area contributed by atoms with Crippen LogP contribution < -0.4 is 19.5 Å². The molecule has 1 saturated heterocycles. The number of carbonyl (C=O) groups is 1. The second-order valence-corrected chi connectivity index (χ2v) is 9.21. The van der Waals surface area contributed by atoms with Crippen LogP contribution in [0.25, 0.3) is 0 Å². The van der Waals surface area contributed by atoms with Gasteiger partial charge in [-0.25, -0.2) is 8.42 Å². The minimum Gasteiger partial charge on any atom is -0.495 e. The number of piperidine rings is 1. The maximum Gasteiger partial charge on any atom is 0.255 e. The van der Waals surface area contributed by atoms with Gasteiger partial charge in [0.05, 0.1) is 21.3 Å². The van der Waals surface area contributed by atoms with Crippen molar-refractivity contribution in [1.29, 1.82) is 0 Å². The molecule has 1 unspecified atom stereocenters. The van der Waals surface area contributed by atoms with Crippen LogP contribution in [0.4, 0.5) is 5.69 Å². The van der Waals surface area contributed by atoms with E-state index in [1.807, 2.05) is 6.92 Å². The van der Waals surface area contributed by atoms with Gasteiger partial charge in [0.1, 0.15) is 10.6 Å². The smallest absolute Gasteiger partial charge is 0.255 e. The van der Waals surface area contributed by atoms with Gasteiger partial charge in [-0.05, 0) is 50.1 Å². The Morgan fingerprint density at radius 3 is 2.29 bits per heavy atom. The predicted octanol–water partition coefficient (Wildman–Crippen LogP) is 3.53. The first-order valence-electron chi connectivity index (χ1n) is 10.0. The van der Waals surface area contributed by atoms with Gasteiger partial charge < -0.3 is 19.5 Å². The van der Waals surface area contributed by atoms with E-state index >= 15 is 0 Å². The first-order chi connectivity index (χ1) is 14.8. The topological polar surface area (TPSA) is 94.2 Å². The number of ether oxygens (including phenoxy) is 3. The summed E-state index contributed by atoms with van der Waals surface area (Å²) < 4.78 is 43.9. The molecule has 3 rings (SSSR count). The van der Waals surface area contributed by atoms with E-state index < -0.39 is 15.9 Å². The van der Waals surface area contributed by atoms with Gasteiger partial charge in [0, 0.05) is 29.9 Å². The van der Waals surface area contributed by atoms with Crippen LogP contribution >= 0.6 is 0 Å². The molecule has 1 amide bonds. The summed E-state index contributed by atoms with van der Waals surface area (Å²) in [6.45, 7) is 2.35. The minimum absolute atomic E-state index is 0.0105. The van der Waals surface area contributed by atoms with Crippen molar-refractivity contribution in [2.45, 2.75) is 37.1 Å². The van der Waals surface area contributed by atoms with Crippen LogP contribution in [0.5, 0.6) is 17.2 Å². The molecule has 0 radical (unpaired) electrons. The molecule has 0 saturated carbocycles. The summed E-state index contributed by atoms with van der Waals surface area (Å²) >= 11 is 0. The van der Waals surface area contributed by atoms with Gasteiger partial charge in [0.25, 0.3) is 5.91 Å². The van der Waals surface area contributed by atoms with E-state index in [0.717, 1.165) is 19.3 Å². The lowest BCUT2D eigenvalue weighted by atomic mass is 10.1. The van der Waals surface area contributed by atoms with E-state index in [2.05, 4.69) is 5.32 Å². The fourth-order valence-electron chi connectivity index (χ4n) is 3.69. The molecule has 8 nitrogen and oxygen atoms in total. The Hall–Kier alpha value is -2.78. The lowest BCUT2D eigenvalue weighted by Crippen LogP contribution is -2.42. The molecule has 0 spiro atoms. The van der Waals surface area contributed by atoms with Gasteiger partial charge in [-0.15, -0.1) is 0 Å². The fourth-order valence-corrected chi connectivity index (χ4v) is 5.57. The molecule has 0 aliphatic carbocycles. The van der Waals surface area contributed by atoms with Crippen LogP contribution in [0.2, 0.25) is 0 Å². The van der Waals surface area contributed by atoms with Gasteiger partial charge in [0.15, 0.2) is 11.5 Å². The SMILES string of the molecule is COc1ccc(NC(=O)c2ccc(OC)c(S(=O)(=O)N3CCCCC3C)c2)cc1OC. The largest absolute Gasteiger partial charge is 0.495 e. The molecule has 1 atom stereocenters. The summed E-state index contributed by atoms with van der Waals surface area (Å²) in [5, 5.41) is 2.76. The Morgan fingerprint density at radius 2 is 1.65 bits per heavy atom. The van der Waals surface area contributed by atoms with Crippen molar-refractivity contribution in [3.05, 3.63) is 42.0 Å². The molecular weight excluding hydrogens is 420 g/mol. The second-order valence-electron chi connectivity index (χ2n) is 7.35. The number of nitrogens with zero attached hydrogens (tertiary/aromatic N) is 1. The van der Waals surface area contributed by atoms with Crippen molar-refractivity contribution in [3.8, 4) is 17.2 Å². The normalized spacial score (nSPS) is 17.1. The molecule has 2 aromatic rings. The van der Waals surface area contributed by atoms with Crippen molar-refractivity contribution in [1.82, 2.24) is 4.31 Å². The van der Waals surface area contributed by atoms with E-state index in [9.17, 15) is 13.2 Å². The monoisotopic (exact) mass is 448 g/mol. The maximum absolute atomic E-state index is 13.3. The van der Waals surface area contributed by atoms with Gasteiger partial charge in [0.2, 0.25) is 10.0 Å². The Bertz CT molecular complexity index is 1050. The molecule has 168 valence electrons. The fraction of sp³-hybridized carbons (Fsp3) is 0.409. The number of methoxy groups -OCH3 is 3. The van der Waals surface area contributed by atoms with Crippen LogP contribution in [-0.2, 0) is 10.0 Å². The highest BCUT2D eigenvalue weighted by Gasteiger charge is 2.33. The molecule has 1 heterocycles. The van der Waals surface area contributed by atoms with E-state index in [-0.39, 0.29) is 22.3 Å². The van der Waals surface area contributed by atoms with Crippen LogP contribution in [0.3, 0.4) is 0 Å². The molecule has 0 aromatic heterocycles. The van der Waals surface area contributed by atoms with Crippen molar-refractivity contribution >= 4 is 21.6 Å². The molecular formula is C22H28N2O6S. The lowest BCUT2D eigenvalue weighted by molar-refractivity contribution is 0.102. The predicted molar refractivity (Wildman–Crippen MR) is 118 cm³/mol. The number of carbonyl (C=O) groups excluding carboxylic acids is 1. The number of hydrogen-bond acceptors (Lipinski definition) is 6. The minimum atomic E-state index is -3.81. The summed E-state index contributed by atoms with van der Waals surface area (Å²) in [4.78, 5) is 12.8. The molecule has 9 heteroatoms. The third-order valence-electron chi connectivity index (χ3n) is 5.40. The first-order valence-corrected chi connectivity index (χ1v) is 11.5. The van der Waals surface area contributed by atoms with Crippen molar-refractivity contribution in [3.63, 3.8) is 0 Å². The van der Waals surface area contributed by atoms with Gasteiger partial charge in [-0.2, -0.15) is 4.31 Å². The van der Waals surface area contributed by atoms with Crippen LogP contribution in [0, 0.1) is 0 Å². The summed E-state index contributed by atoms with van der Waals surface area (Å²) in [5.74, 6) is 0.768. The highest BCUT2D eigenvalue weighted by atomic mass is 32.2. The number of amides is 1. The average Bonchev–Trinajstić information content (AvgIpc) is 2.78. The van der Waals surface area contributed by atoms with Gasteiger partial charge >= 0.3 is 0 Å². The first kappa shape index (κ1) is 22.9. The molecule has 1 aliphatic heterocycles. The van der Waals surface area contributed by atoms with E-state index in [1.54, 1.807) is 18.2 Å². The van der Waals surface area contributed by atoms with E-state index in [1.165, 1.54) is 43.8 Å². The van der Waals surface area contributed by atoms with Crippen LogP contribution in [0.1, 0.15) is 36.5 Å². The van der Waals surface area contributed by atoms with E-state index in [4.69, 9.17) is 14.2 Å². The summed E-state index contributed by atoms with van der Waals surface area (Å²) in [7, 11) is 0.635. The number of nitrogens with one attached hydrogen (secondary N) is 1. The van der Waals surface area contributed by atoms with Gasteiger partial charge in [-0.1, -0.05) is 6.42 Å². The Labute approximate surface area is 183 Å². The van der Waals surface area contributed by atoms with Crippen molar-refractivity contribution in [2.24, 2.45) is 0 Å². The van der Waals surface area contributed by atoms with Crippen molar-refractivity contribution in [2.75, 3.05) is 33.2 Å². The highest BCUT2D eigenvalue weighted by Crippen LogP contribution is 2.33. The quantitative estimate of drug-likeness (QED) is 0.696. The zero-order valence-corrected chi connectivity index (χ0v) is 19.0. The van der Waals surface area contributed by atoms with Crippen LogP contribution in [0.15, 0.2) is 41.3 Å². The molecule has 31 heavy (non-hydrogen) atoms. The molecule has 2 aromatic carbocycles. The average molecular weight is 449 g/mol. The van der Waals surface area contributed by atoms with Crippen LogP contribution in [-0.4, -0.2) is 52.5 Å². The highest BCUT2D eigenvalue weighted by molar-refractivity contribution is 7.89. The number of sulfonamides is 1. The Kier molecular flexibility index (Phi) is 7.07.